The van der Waals surface area contributed by atoms with Crippen LogP contribution in [0.3, 0.4) is 0 Å². The molecule has 102 valence electrons. The van der Waals surface area contributed by atoms with Gasteiger partial charge >= 0.3 is 5.97 Å². The van der Waals surface area contributed by atoms with Gasteiger partial charge in [-0.25, -0.2) is 4.79 Å². The number of amides is 1. The first kappa shape index (κ1) is 12.4. The highest BCUT2D eigenvalue weighted by Gasteiger charge is 2.36. The van der Waals surface area contributed by atoms with E-state index in [1.165, 1.54) is 17.2 Å². The SMILES string of the molecule is O=C(O)C1c2ccccc2CCN1C(=O)c1ccon1. The van der Waals surface area contributed by atoms with Gasteiger partial charge in [0.05, 0.1) is 0 Å². The largest absolute Gasteiger partial charge is 0.479 e. The monoisotopic (exact) mass is 272 g/mol. The molecular formula is C14H12N2O4. The zero-order valence-corrected chi connectivity index (χ0v) is 10.5. The molecule has 3 rings (SSSR count). The van der Waals surface area contributed by atoms with Crippen molar-refractivity contribution in [3.05, 3.63) is 53.4 Å². The number of hydrogen-bond donors (Lipinski definition) is 1. The topological polar surface area (TPSA) is 83.6 Å². The summed E-state index contributed by atoms with van der Waals surface area (Å²) in [5.74, 6) is -1.48. The van der Waals surface area contributed by atoms with Crippen molar-refractivity contribution in [1.82, 2.24) is 10.1 Å². The number of carbonyl (C=O) groups is 2. The number of aromatic nitrogens is 1. The number of rotatable bonds is 2. The van der Waals surface area contributed by atoms with Crippen LogP contribution in [0.2, 0.25) is 0 Å². The molecule has 6 heteroatoms. The Morgan fingerprint density at radius 3 is 2.80 bits per heavy atom. The van der Waals surface area contributed by atoms with Crippen LogP contribution < -0.4 is 0 Å². The first-order valence-electron chi connectivity index (χ1n) is 6.20. The standard InChI is InChI=1S/C14H12N2O4/c17-13(11-6-8-20-15-11)16-7-5-9-3-1-2-4-10(9)12(16)14(18)19/h1-4,6,8,12H,5,7H2,(H,18,19). The fraction of sp³-hybridized carbons (Fsp3) is 0.214. The molecule has 20 heavy (non-hydrogen) atoms. The average Bonchev–Trinajstić information content (AvgIpc) is 2.99. The highest BCUT2D eigenvalue weighted by Crippen LogP contribution is 2.30. The van der Waals surface area contributed by atoms with Gasteiger partial charge in [0.2, 0.25) is 0 Å². The maximum Gasteiger partial charge on any atom is 0.331 e. The molecule has 2 heterocycles. The molecule has 1 aliphatic heterocycles. The van der Waals surface area contributed by atoms with Crippen LogP contribution in [0.15, 0.2) is 41.1 Å². The summed E-state index contributed by atoms with van der Waals surface area (Å²) in [6.45, 7) is 0.347. The van der Waals surface area contributed by atoms with Crippen LogP contribution in [0.5, 0.6) is 0 Å². The number of benzene rings is 1. The first-order valence-corrected chi connectivity index (χ1v) is 6.20. The highest BCUT2D eigenvalue weighted by molar-refractivity contribution is 5.95. The smallest absolute Gasteiger partial charge is 0.331 e. The van der Waals surface area contributed by atoms with Crippen molar-refractivity contribution in [2.24, 2.45) is 0 Å². The zero-order chi connectivity index (χ0) is 14.1. The Balaban J connectivity index is 2.01. The lowest BCUT2D eigenvalue weighted by molar-refractivity contribution is -0.143. The third kappa shape index (κ3) is 1.95. The number of nitrogens with zero attached hydrogens (tertiary/aromatic N) is 2. The second-order valence-electron chi connectivity index (χ2n) is 4.57. The Hall–Kier alpha value is -2.63. The Kier molecular flexibility index (Phi) is 2.98. The fourth-order valence-corrected chi connectivity index (χ4v) is 2.52. The van der Waals surface area contributed by atoms with Crippen molar-refractivity contribution in [1.29, 1.82) is 0 Å². The van der Waals surface area contributed by atoms with Crippen molar-refractivity contribution < 1.29 is 19.2 Å². The molecule has 1 N–H and O–H groups in total. The van der Waals surface area contributed by atoms with Crippen molar-refractivity contribution >= 4 is 11.9 Å². The molecule has 1 aromatic carbocycles. The van der Waals surface area contributed by atoms with Gasteiger partial charge < -0.3 is 14.5 Å². The third-order valence-corrected chi connectivity index (χ3v) is 3.44. The fourth-order valence-electron chi connectivity index (χ4n) is 2.52. The highest BCUT2D eigenvalue weighted by atomic mass is 16.5. The molecule has 0 saturated carbocycles. The molecular weight excluding hydrogens is 260 g/mol. The summed E-state index contributed by atoms with van der Waals surface area (Å²) in [6.07, 6.45) is 1.92. The molecule has 1 aliphatic rings. The van der Waals surface area contributed by atoms with Crippen LogP contribution in [0.1, 0.15) is 27.7 Å². The number of carboxylic acids is 1. The van der Waals surface area contributed by atoms with E-state index in [-0.39, 0.29) is 5.69 Å². The molecule has 1 aromatic heterocycles. The summed E-state index contributed by atoms with van der Waals surface area (Å²) < 4.78 is 4.65. The summed E-state index contributed by atoms with van der Waals surface area (Å²) in [7, 11) is 0. The molecule has 0 spiro atoms. The molecule has 1 atom stereocenters. The van der Waals surface area contributed by atoms with E-state index >= 15 is 0 Å². The molecule has 0 fully saturated rings. The minimum absolute atomic E-state index is 0.121. The number of hydrogen-bond acceptors (Lipinski definition) is 4. The summed E-state index contributed by atoms with van der Waals surface area (Å²) in [6, 6.07) is 7.73. The number of aliphatic carboxylic acids is 1. The van der Waals surface area contributed by atoms with Gasteiger partial charge in [0.15, 0.2) is 11.7 Å². The summed E-state index contributed by atoms with van der Waals surface area (Å²) in [4.78, 5) is 25.2. The van der Waals surface area contributed by atoms with Crippen molar-refractivity contribution in [3.63, 3.8) is 0 Å². The van der Waals surface area contributed by atoms with Gasteiger partial charge in [0.1, 0.15) is 6.26 Å². The number of carboxylic acid groups (broad SMARTS) is 1. The zero-order valence-electron chi connectivity index (χ0n) is 10.5. The van der Waals surface area contributed by atoms with Gasteiger partial charge in [0.25, 0.3) is 5.91 Å². The predicted octanol–water partition coefficient (Wildman–Crippen LogP) is 1.50. The van der Waals surface area contributed by atoms with E-state index in [9.17, 15) is 14.7 Å². The molecule has 1 unspecified atom stereocenters. The normalized spacial score (nSPS) is 17.6. The molecule has 0 aliphatic carbocycles. The second kappa shape index (κ2) is 4.80. The Morgan fingerprint density at radius 1 is 1.30 bits per heavy atom. The molecule has 0 bridgehead atoms. The van der Waals surface area contributed by atoms with E-state index < -0.39 is 17.9 Å². The molecule has 0 radical (unpaired) electrons. The van der Waals surface area contributed by atoms with E-state index in [0.29, 0.717) is 18.5 Å². The summed E-state index contributed by atoms with van der Waals surface area (Å²) >= 11 is 0. The van der Waals surface area contributed by atoms with Crippen molar-refractivity contribution in [2.75, 3.05) is 6.54 Å². The minimum atomic E-state index is -1.05. The molecule has 0 saturated heterocycles. The number of carbonyl (C=O) groups excluding carboxylic acids is 1. The van der Waals surface area contributed by atoms with Gasteiger partial charge in [-0.05, 0) is 17.5 Å². The van der Waals surface area contributed by atoms with Crippen LogP contribution in [0, 0.1) is 0 Å². The van der Waals surface area contributed by atoms with Gasteiger partial charge in [0, 0.05) is 12.6 Å². The summed E-state index contributed by atoms with van der Waals surface area (Å²) in [5.41, 5.74) is 1.74. The lowest BCUT2D eigenvalue weighted by Gasteiger charge is -2.34. The van der Waals surface area contributed by atoms with Crippen LogP contribution in [-0.4, -0.2) is 33.6 Å². The first-order chi connectivity index (χ1) is 9.68. The maximum atomic E-state index is 12.3. The Morgan fingerprint density at radius 2 is 2.10 bits per heavy atom. The van der Waals surface area contributed by atoms with E-state index in [0.717, 1.165) is 5.56 Å². The Bertz CT molecular complexity index is 651. The number of fused-ring (bicyclic) bond motifs is 1. The average molecular weight is 272 g/mol. The van der Waals surface area contributed by atoms with Crippen LogP contribution >= 0.6 is 0 Å². The Labute approximate surface area is 114 Å². The predicted molar refractivity (Wildman–Crippen MR) is 68.1 cm³/mol. The second-order valence-corrected chi connectivity index (χ2v) is 4.57. The van der Waals surface area contributed by atoms with Crippen molar-refractivity contribution in [2.45, 2.75) is 12.5 Å². The minimum Gasteiger partial charge on any atom is -0.479 e. The van der Waals surface area contributed by atoms with Crippen LogP contribution in [0.4, 0.5) is 0 Å². The van der Waals surface area contributed by atoms with Gasteiger partial charge in [-0.3, -0.25) is 4.79 Å². The van der Waals surface area contributed by atoms with Crippen LogP contribution in [-0.2, 0) is 11.2 Å². The quantitative estimate of drug-likeness (QED) is 0.895. The lowest BCUT2D eigenvalue weighted by Crippen LogP contribution is -2.43. The molecule has 2 aromatic rings. The van der Waals surface area contributed by atoms with Gasteiger partial charge in [-0.1, -0.05) is 29.4 Å². The van der Waals surface area contributed by atoms with Crippen LogP contribution in [0.25, 0.3) is 0 Å². The van der Waals surface area contributed by atoms with Crippen molar-refractivity contribution in [3.8, 4) is 0 Å². The van der Waals surface area contributed by atoms with E-state index in [1.54, 1.807) is 12.1 Å². The van der Waals surface area contributed by atoms with Gasteiger partial charge in [-0.15, -0.1) is 0 Å². The molecule has 6 nitrogen and oxygen atoms in total. The molecule has 1 amide bonds. The van der Waals surface area contributed by atoms with E-state index in [4.69, 9.17) is 0 Å². The maximum absolute atomic E-state index is 12.3. The van der Waals surface area contributed by atoms with E-state index in [2.05, 4.69) is 9.68 Å². The summed E-state index contributed by atoms with van der Waals surface area (Å²) in [5, 5.41) is 13.0. The third-order valence-electron chi connectivity index (χ3n) is 3.44. The van der Waals surface area contributed by atoms with E-state index in [1.807, 2.05) is 12.1 Å². The van der Waals surface area contributed by atoms with Gasteiger partial charge in [-0.2, -0.15) is 0 Å². The lowest BCUT2D eigenvalue weighted by atomic mass is 9.92.